The van der Waals surface area contributed by atoms with E-state index in [0.29, 0.717) is 41.3 Å². The Hall–Kier alpha value is -4.10. The molecule has 192 valence electrons. The summed E-state index contributed by atoms with van der Waals surface area (Å²) in [6.45, 7) is 2.95. The Labute approximate surface area is 217 Å². The number of likely N-dealkylation sites (tertiary alicyclic amines) is 1. The number of nitrogens with zero attached hydrogens (tertiary/aromatic N) is 2. The zero-order valence-electron chi connectivity index (χ0n) is 21.6. The molecule has 0 spiro atoms. The number of rotatable bonds is 9. The first-order chi connectivity index (χ1) is 17.8. The highest BCUT2D eigenvalue weighted by Crippen LogP contribution is 2.41. The molecule has 3 aromatic carbocycles. The number of methoxy groups -OCH3 is 1. The quantitative estimate of drug-likeness (QED) is 0.248. The third kappa shape index (κ3) is 5.67. The predicted octanol–water partition coefficient (Wildman–Crippen LogP) is 5.17. The number of amides is 1. The van der Waals surface area contributed by atoms with Gasteiger partial charge in [-0.05, 0) is 87.6 Å². The van der Waals surface area contributed by atoms with Crippen LogP contribution in [0.3, 0.4) is 0 Å². The van der Waals surface area contributed by atoms with Crippen molar-refractivity contribution < 1.29 is 24.2 Å². The lowest BCUT2D eigenvalue weighted by atomic mass is 9.93. The molecule has 37 heavy (non-hydrogen) atoms. The lowest BCUT2D eigenvalue weighted by Gasteiger charge is -2.26. The number of aliphatic hydroxyl groups is 1. The number of para-hydroxylation sites is 1. The highest BCUT2D eigenvalue weighted by molar-refractivity contribution is 6.46. The topological polar surface area (TPSA) is 79.3 Å². The zero-order valence-corrected chi connectivity index (χ0v) is 21.6. The summed E-state index contributed by atoms with van der Waals surface area (Å²) in [6.07, 6.45) is 0.679. The van der Waals surface area contributed by atoms with Crippen molar-refractivity contribution in [2.45, 2.75) is 19.4 Å². The number of hydrogen-bond donors (Lipinski definition) is 1. The minimum atomic E-state index is -0.747. The van der Waals surface area contributed by atoms with E-state index >= 15 is 0 Å². The van der Waals surface area contributed by atoms with Crippen LogP contribution in [0.1, 0.15) is 29.2 Å². The van der Waals surface area contributed by atoms with Crippen LogP contribution >= 0.6 is 0 Å². The number of hydrogen-bond acceptors (Lipinski definition) is 6. The minimum absolute atomic E-state index is 0.0694. The summed E-state index contributed by atoms with van der Waals surface area (Å²) < 4.78 is 11.3. The summed E-state index contributed by atoms with van der Waals surface area (Å²) in [4.78, 5) is 30.2. The highest BCUT2D eigenvalue weighted by atomic mass is 16.5. The van der Waals surface area contributed by atoms with Gasteiger partial charge in [0, 0.05) is 12.1 Å². The summed E-state index contributed by atoms with van der Waals surface area (Å²) >= 11 is 0. The van der Waals surface area contributed by atoms with E-state index in [1.54, 1.807) is 30.2 Å². The molecule has 1 N–H and O–H groups in total. The van der Waals surface area contributed by atoms with Crippen LogP contribution in [0.25, 0.3) is 5.76 Å². The average Bonchev–Trinajstić information content (AvgIpc) is 3.14. The summed E-state index contributed by atoms with van der Waals surface area (Å²) in [5.41, 5.74) is 1.97. The Morgan fingerprint density at radius 3 is 2.35 bits per heavy atom. The monoisotopic (exact) mass is 500 g/mol. The van der Waals surface area contributed by atoms with Gasteiger partial charge in [-0.15, -0.1) is 0 Å². The fourth-order valence-corrected chi connectivity index (χ4v) is 4.56. The molecule has 4 rings (SSSR count). The summed E-state index contributed by atoms with van der Waals surface area (Å²) in [7, 11) is 5.49. The second-order valence-corrected chi connectivity index (χ2v) is 9.32. The van der Waals surface area contributed by atoms with Crippen molar-refractivity contribution in [3.63, 3.8) is 0 Å². The van der Waals surface area contributed by atoms with Crippen molar-refractivity contribution in [2.75, 3.05) is 34.3 Å². The first-order valence-corrected chi connectivity index (χ1v) is 12.2. The molecule has 0 radical (unpaired) electrons. The number of aliphatic hydroxyl groups excluding tert-OH is 1. The van der Waals surface area contributed by atoms with Gasteiger partial charge in [0.25, 0.3) is 11.7 Å². The number of benzene rings is 3. The number of carbonyl (C=O) groups is 2. The smallest absolute Gasteiger partial charge is 0.295 e. The van der Waals surface area contributed by atoms with Gasteiger partial charge in [-0.3, -0.25) is 9.59 Å². The van der Waals surface area contributed by atoms with Crippen LogP contribution in [0.15, 0.2) is 78.4 Å². The van der Waals surface area contributed by atoms with Gasteiger partial charge in [0.2, 0.25) is 0 Å². The maximum Gasteiger partial charge on any atom is 0.295 e. The van der Waals surface area contributed by atoms with Crippen molar-refractivity contribution >= 4 is 17.4 Å². The molecule has 1 atom stereocenters. The summed E-state index contributed by atoms with van der Waals surface area (Å²) in [5.74, 6) is 0.369. The largest absolute Gasteiger partial charge is 0.507 e. The lowest BCUT2D eigenvalue weighted by molar-refractivity contribution is -0.139. The summed E-state index contributed by atoms with van der Waals surface area (Å²) in [5, 5.41) is 11.4. The van der Waals surface area contributed by atoms with Gasteiger partial charge in [-0.2, -0.15) is 0 Å². The zero-order chi connectivity index (χ0) is 26.5. The number of carbonyl (C=O) groups excluding carboxylic acids is 2. The number of ketones is 1. The van der Waals surface area contributed by atoms with Gasteiger partial charge in [-0.1, -0.05) is 30.3 Å². The molecule has 7 heteroatoms. The van der Waals surface area contributed by atoms with E-state index in [1.807, 2.05) is 80.5 Å². The molecule has 1 saturated heterocycles. The fraction of sp³-hybridized carbons (Fsp3) is 0.267. The first-order valence-electron chi connectivity index (χ1n) is 12.2. The van der Waals surface area contributed by atoms with E-state index in [1.165, 1.54) is 0 Å². The maximum absolute atomic E-state index is 13.3. The number of ether oxygens (including phenoxy) is 2. The van der Waals surface area contributed by atoms with E-state index in [0.717, 1.165) is 12.1 Å². The van der Waals surface area contributed by atoms with E-state index in [2.05, 4.69) is 0 Å². The van der Waals surface area contributed by atoms with Gasteiger partial charge >= 0.3 is 0 Å². The minimum Gasteiger partial charge on any atom is -0.507 e. The molecule has 1 aliphatic rings. The molecule has 3 aromatic rings. The summed E-state index contributed by atoms with van der Waals surface area (Å²) in [6, 6.07) is 21.2. The van der Waals surface area contributed by atoms with Crippen molar-refractivity contribution in [1.82, 2.24) is 9.80 Å². The van der Waals surface area contributed by atoms with E-state index < -0.39 is 17.7 Å². The Morgan fingerprint density at radius 1 is 0.946 bits per heavy atom. The molecule has 0 aliphatic carbocycles. The van der Waals surface area contributed by atoms with Crippen molar-refractivity contribution in [2.24, 2.45) is 0 Å². The van der Waals surface area contributed by atoms with Crippen molar-refractivity contribution in [3.05, 3.63) is 95.1 Å². The Balaban J connectivity index is 1.79. The predicted molar refractivity (Wildman–Crippen MR) is 143 cm³/mol. The van der Waals surface area contributed by atoms with Crippen LogP contribution in [0.2, 0.25) is 0 Å². The van der Waals surface area contributed by atoms with Crippen molar-refractivity contribution in [1.29, 1.82) is 0 Å². The normalized spacial score (nSPS) is 16.9. The first kappa shape index (κ1) is 26.0. The SMILES string of the molecule is COc1ccc(C(O)=C2C(=O)C(=O)N(CCCN(C)C)[C@@H]2c2cccc(Oc3ccccc3)c2)c(C)c1. The van der Waals surface area contributed by atoms with Gasteiger partial charge in [0.15, 0.2) is 0 Å². The highest BCUT2D eigenvalue weighted by Gasteiger charge is 2.46. The molecular weight excluding hydrogens is 468 g/mol. The Bertz CT molecular complexity index is 1320. The molecule has 7 nitrogen and oxygen atoms in total. The third-order valence-electron chi connectivity index (χ3n) is 6.39. The van der Waals surface area contributed by atoms with Gasteiger partial charge < -0.3 is 24.4 Å². The van der Waals surface area contributed by atoms with Crippen LogP contribution < -0.4 is 9.47 Å². The molecule has 1 amide bonds. The van der Waals surface area contributed by atoms with Crippen LogP contribution in [0, 0.1) is 6.92 Å². The molecule has 0 aromatic heterocycles. The van der Waals surface area contributed by atoms with Gasteiger partial charge in [-0.25, -0.2) is 0 Å². The van der Waals surface area contributed by atoms with Crippen LogP contribution in [0.4, 0.5) is 0 Å². The molecule has 0 unspecified atom stereocenters. The second kappa shape index (κ2) is 11.3. The van der Waals surface area contributed by atoms with Crippen LogP contribution in [-0.4, -0.2) is 60.9 Å². The fourth-order valence-electron chi connectivity index (χ4n) is 4.56. The standard InChI is InChI=1S/C30H32N2O5/c1-20-18-23(36-4)14-15-25(20)28(33)26-27(32(30(35)29(26)34)17-9-16-31(2)3)21-10-8-13-24(19-21)37-22-11-6-5-7-12-22/h5-8,10-15,18-19,27,33H,9,16-17H2,1-4H3/t27-/m1/s1. The molecular formula is C30H32N2O5. The molecule has 1 fully saturated rings. The van der Waals surface area contributed by atoms with E-state index in [4.69, 9.17) is 9.47 Å². The van der Waals surface area contributed by atoms with Gasteiger partial charge in [0.05, 0.1) is 18.7 Å². The van der Waals surface area contributed by atoms with E-state index in [9.17, 15) is 14.7 Å². The molecule has 0 bridgehead atoms. The molecule has 0 saturated carbocycles. The van der Waals surface area contributed by atoms with Crippen LogP contribution in [-0.2, 0) is 9.59 Å². The molecule has 1 aliphatic heterocycles. The molecule has 1 heterocycles. The number of Topliss-reactive ketones (excluding diaryl/α,β-unsaturated/α-hetero) is 1. The number of aryl methyl sites for hydroxylation is 1. The maximum atomic E-state index is 13.3. The van der Waals surface area contributed by atoms with E-state index in [-0.39, 0.29) is 11.3 Å². The van der Waals surface area contributed by atoms with Gasteiger partial charge in [0.1, 0.15) is 23.0 Å². The van der Waals surface area contributed by atoms with Crippen molar-refractivity contribution in [3.8, 4) is 17.2 Å². The van der Waals surface area contributed by atoms with Crippen LogP contribution in [0.5, 0.6) is 17.2 Å². The average molecular weight is 501 g/mol. The third-order valence-corrected chi connectivity index (χ3v) is 6.39. The second-order valence-electron chi connectivity index (χ2n) is 9.32. The Morgan fingerprint density at radius 2 is 1.68 bits per heavy atom. The Kier molecular flexibility index (Phi) is 7.94. The lowest BCUT2D eigenvalue weighted by Crippen LogP contribution is -2.32.